The van der Waals surface area contributed by atoms with Gasteiger partial charge in [-0.3, -0.25) is 9.69 Å². The number of rotatable bonds is 6. The molecule has 20 heavy (non-hydrogen) atoms. The Bertz CT molecular complexity index is 432. The third-order valence-corrected chi connectivity index (χ3v) is 3.38. The van der Waals surface area contributed by atoms with Gasteiger partial charge in [-0.1, -0.05) is 11.6 Å². The molecule has 0 saturated carbocycles. The summed E-state index contributed by atoms with van der Waals surface area (Å²) in [7, 11) is 0. The molecule has 1 rings (SSSR count). The van der Waals surface area contributed by atoms with Gasteiger partial charge in [-0.2, -0.15) is 0 Å². The van der Waals surface area contributed by atoms with E-state index in [1.807, 2.05) is 0 Å². The third kappa shape index (κ3) is 5.02. The van der Waals surface area contributed by atoms with Gasteiger partial charge in [-0.15, -0.1) is 0 Å². The molecule has 0 saturated heterocycles. The highest BCUT2D eigenvalue weighted by molar-refractivity contribution is 6.31. The molecule has 1 aromatic carbocycles. The zero-order valence-electron chi connectivity index (χ0n) is 12.6. The molecule has 0 aliphatic carbocycles. The second kappa shape index (κ2) is 7.50. The number of nitrogens with zero attached hydrogens (tertiary/aromatic N) is 1. The molecule has 0 atom stereocenters. The molecule has 0 aromatic heterocycles. The predicted molar refractivity (Wildman–Crippen MR) is 85.2 cm³/mol. The van der Waals surface area contributed by atoms with Crippen LogP contribution in [0.1, 0.15) is 38.1 Å². The molecule has 3 N–H and O–H groups in total. The van der Waals surface area contributed by atoms with Gasteiger partial charge in [0, 0.05) is 41.4 Å². The Morgan fingerprint density at radius 1 is 1.25 bits per heavy atom. The second-order valence-corrected chi connectivity index (χ2v) is 5.89. The fourth-order valence-electron chi connectivity index (χ4n) is 2.26. The topological polar surface area (TPSA) is 58.4 Å². The van der Waals surface area contributed by atoms with Crippen molar-refractivity contribution in [2.45, 2.75) is 39.8 Å². The van der Waals surface area contributed by atoms with Crippen LogP contribution < -0.4 is 11.1 Å². The van der Waals surface area contributed by atoms with Crippen molar-refractivity contribution in [3.63, 3.8) is 0 Å². The summed E-state index contributed by atoms with van der Waals surface area (Å²) in [6.45, 7) is 10.0. The quantitative estimate of drug-likeness (QED) is 0.794. The fraction of sp³-hybridized carbons (Fsp3) is 0.533. The first kappa shape index (κ1) is 16.8. The van der Waals surface area contributed by atoms with E-state index in [9.17, 15) is 4.79 Å². The number of amides is 1. The van der Waals surface area contributed by atoms with Gasteiger partial charge < -0.3 is 11.1 Å². The molecular formula is C15H24ClN3O. The molecule has 0 aliphatic heterocycles. The molecule has 112 valence electrons. The maximum atomic E-state index is 12.0. The van der Waals surface area contributed by atoms with Crippen molar-refractivity contribution in [1.29, 1.82) is 0 Å². The number of benzene rings is 1. The van der Waals surface area contributed by atoms with Gasteiger partial charge >= 0.3 is 0 Å². The summed E-state index contributed by atoms with van der Waals surface area (Å²) < 4.78 is 0. The van der Waals surface area contributed by atoms with E-state index in [4.69, 9.17) is 17.3 Å². The first-order valence-corrected chi connectivity index (χ1v) is 7.29. The van der Waals surface area contributed by atoms with E-state index in [2.05, 4.69) is 37.9 Å². The Labute approximate surface area is 126 Å². The summed E-state index contributed by atoms with van der Waals surface area (Å²) in [6, 6.07) is 5.78. The number of nitrogens with two attached hydrogens (primary N) is 1. The lowest BCUT2D eigenvalue weighted by Gasteiger charge is -2.30. The number of hydrogen-bond donors (Lipinski definition) is 2. The number of carbonyl (C=O) groups is 1. The first-order chi connectivity index (χ1) is 9.31. The molecule has 1 aromatic rings. The molecule has 0 unspecified atom stereocenters. The summed E-state index contributed by atoms with van der Waals surface area (Å²) in [5.41, 5.74) is 6.67. The predicted octanol–water partition coefficient (Wildman–Crippen LogP) is 2.77. The monoisotopic (exact) mass is 297 g/mol. The molecule has 0 spiro atoms. The highest BCUT2D eigenvalue weighted by Crippen LogP contribution is 2.16. The van der Waals surface area contributed by atoms with Crippen LogP contribution in [0.15, 0.2) is 18.2 Å². The number of carbonyl (C=O) groups excluding carboxylic acids is 1. The number of nitrogen functional groups attached to an aromatic ring is 1. The van der Waals surface area contributed by atoms with E-state index in [-0.39, 0.29) is 5.91 Å². The highest BCUT2D eigenvalue weighted by Gasteiger charge is 2.13. The molecule has 4 nitrogen and oxygen atoms in total. The van der Waals surface area contributed by atoms with Crippen molar-refractivity contribution >= 4 is 23.2 Å². The van der Waals surface area contributed by atoms with Gasteiger partial charge in [0.25, 0.3) is 5.91 Å². The molecule has 0 fully saturated rings. The van der Waals surface area contributed by atoms with Gasteiger partial charge in [-0.25, -0.2) is 0 Å². The Hall–Kier alpha value is -1.26. The van der Waals surface area contributed by atoms with Gasteiger partial charge in [0.05, 0.1) is 0 Å². The normalized spacial score (nSPS) is 11.4. The van der Waals surface area contributed by atoms with Crippen LogP contribution in [0.25, 0.3) is 0 Å². The smallest absolute Gasteiger partial charge is 0.251 e. The lowest BCUT2D eigenvalue weighted by Crippen LogP contribution is -2.42. The van der Waals surface area contributed by atoms with E-state index in [0.717, 1.165) is 6.54 Å². The van der Waals surface area contributed by atoms with Crippen LogP contribution >= 0.6 is 11.6 Å². The van der Waals surface area contributed by atoms with Gasteiger partial charge in [0.1, 0.15) is 0 Å². The number of hydrogen-bond acceptors (Lipinski definition) is 3. The SMILES string of the molecule is CC(C)N(CCNC(=O)c1cc(N)cc(Cl)c1)C(C)C. The largest absolute Gasteiger partial charge is 0.399 e. The zero-order chi connectivity index (χ0) is 15.3. The van der Waals surface area contributed by atoms with E-state index >= 15 is 0 Å². The lowest BCUT2D eigenvalue weighted by molar-refractivity contribution is 0.0939. The van der Waals surface area contributed by atoms with E-state index in [1.165, 1.54) is 0 Å². The van der Waals surface area contributed by atoms with Gasteiger partial charge in [0.15, 0.2) is 0 Å². The molecule has 0 heterocycles. The van der Waals surface area contributed by atoms with Crippen molar-refractivity contribution in [2.24, 2.45) is 0 Å². The fourth-order valence-corrected chi connectivity index (χ4v) is 2.50. The third-order valence-electron chi connectivity index (χ3n) is 3.16. The standard InChI is InChI=1S/C15H24ClN3O/c1-10(2)19(11(3)4)6-5-18-15(20)12-7-13(16)9-14(17)8-12/h7-11H,5-6,17H2,1-4H3,(H,18,20). The minimum Gasteiger partial charge on any atom is -0.399 e. The van der Waals surface area contributed by atoms with Crippen molar-refractivity contribution in [2.75, 3.05) is 18.8 Å². The van der Waals surface area contributed by atoms with Crippen molar-refractivity contribution in [1.82, 2.24) is 10.2 Å². The van der Waals surface area contributed by atoms with Gasteiger partial charge in [-0.05, 0) is 45.9 Å². The number of halogens is 1. The van der Waals surface area contributed by atoms with Crippen molar-refractivity contribution in [3.05, 3.63) is 28.8 Å². The Morgan fingerprint density at radius 2 is 1.85 bits per heavy atom. The molecule has 5 heteroatoms. The van der Waals surface area contributed by atoms with Crippen molar-refractivity contribution < 1.29 is 4.79 Å². The molecule has 1 amide bonds. The summed E-state index contributed by atoms with van der Waals surface area (Å²) in [6.07, 6.45) is 0. The molecule has 0 radical (unpaired) electrons. The first-order valence-electron chi connectivity index (χ1n) is 6.91. The van der Waals surface area contributed by atoms with Crippen LogP contribution in [0.4, 0.5) is 5.69 Å². The average Bonchev–Trinajstić information content (AvgIpc) is 2.32. The zero-order valence-corrected chi connectivity index (χ0v) is 13.4. The Kier molecular flexibility index (Phi) is 6.30. The van der Waals surface area contributed by atoms with Gasteiger partial charge in [0.2, 0.25) is 0 Å². The Balaban J connectivity index is 2.55. The summed E-state index contributed by atoms with van der Waals surface area (Å²) >= 11 is 5.89. The van der Waals surface area contributed by atoms with Crippen LogP contribution in [0.2, 0.25) is 5.02 Å². The van der Waals surface area contributed by atoms with E-state index < -0.39 is 0 Å². The van der Waals surface area contributed by atoms with Crippen LogP contribution in [0.5, 0.6) is 0 Å². The van der Waals surface area contributed by atoms with Crippen LogP contribution in [-0.4, -0.2) is 36.0 Å². The summed E-state index contributed by atoms with van der Waals surface area (Å²) in [4.78, 5) is 14.4. The van der Waals surface area contributed by atoms with Crippen LogP contribution in [0.3, 0.4) is 0 Å². The molecule has 0 bridgehead atoms. The molecule has 0 aliphatic rings. The lowest BCUT2D eigenvalue weighted by atomic mass is 10.2. The maximum absolute atomic E-state index is 12.0. The second-order valence-electron chi connectivity index (χ2n) is 5.45. The highest BCUT2D eigenvalue weighted by atomic mass is 35.5. The average molecular weight is 298 g/mol. The maximum Gasteiger partial charge on any atom is 0.251 e. The van der Waals surface area contributed by atoms with Crippen molar-refractivity contribution in [3.8, 4) is 0 Å². The Morgan fingerprint density at radius 3 is 2.35 bits per heavy atom. The summed E-state index contributed by atoms with van der Waals surface area (Å²) in [5.74, 6) is -0.147. The number of nitrogens with one attached hydrogen (secondary N) is 1. The van der Waals surface area contributed by atoms with Crippen LogP contribution in [-0.2, 0) is 0 Å². The minimum atomic E-state index is -0.147. The van der Waals surface area contributed by atoms with E-state index in [0.29, 0.717) is 34.9 Å². The number of anilines is 1. The van der Waals surface area contributed by atoms with Crippen LogP contribution in [0, 0.1) is 0 Å². The minimum absolute atomic E-state index is 0.147. The summed E-state index contributed by atoms with van der Waals surface area (Å²) in [5, 5.41) is 3.37. The van der Waals surface area contributed by atoms with E-state index in [1.54, 1.807) is 18.2 Å². The molecular weight excluding hydrogens is 274 g/mol.